The van der Waals surface area contributed by atoms with Gasteiger partial charge in [-0.05, 0) is 59.2 Å². The molecule has 31 heavy (non-hydrogen) atoms. The van der Waals surface area contributed by atoms with Crippen LogP contribution in [0.1, 0.15) is 45.7 Å². The number of hydrogen-bond donors (Lipinski definition) is 1. The number of carbonyl (C=O) groups is 1. The average molecular weight is 491 g/mol. The second-order valence-electron chi connectivity index (χ2n) is 8.81. The fourth-order valence-corrected chi connectivity index (χ4v) is 5.89. The highest BCUT2D eigenvalue weighted by atomic mass is 79.9. The molecule has 5 nitrogen and oxygen atoms in total. The van der Waals surface area contributed by atoms with Gasteiger partial charge in [-0.3, -0.25) is 4.79 Å². The van der Waals surface area contributed by atoms with Crippen molar-refractivity contribution in [2.24, 2.45) is 5.92 Å². The Morgan fingerprint density at radius 2 is 2.10 bits per heavy atom. The summed E-state index contributed by atoms with van der Waals surface area (Å²) in [4.78, 5) is 17.2. The Kier molecular flexibility index (Phi) is 3.86. The Bertz CT molecular complexity index is 1270. The minimum absolute atomic E-state index is 0.0467. The van der Waals surface area contributed by atoms with E-state index in [1.165, 1.54) is 11.1 Å². The van der Waals surface area contributed by atoms with E-state index in [1.807, 2.05) is 12.1 Å². The first kappa shape index (κ1) is 19.4. The van der Waals surface area contributed by atoms with Gasteiger partial charge in [0.2, 0.25) is 0 Å². The molecule has 160 valence electrons. The van der Waals surface area contributed by atoms with Crippen molar-refractivity contribution in [1.82, 2.24) is 19.9 Å². The van der Waals surface area contributed by atoms with E-state index in [0.717, 1.165) is 30.0 Å². The van der Waals surface area contributed by atoms with Gasteiger partial charge in [-0.25, -0.2) is 9.50 Å². The minimum Gasteiger partial charge on any atom is -0.301 e. The number of ketones is 1. The molecule has 2 fully saturated rings. The van der Waals surface area contributed by atoms with Gasteiger partial charge in [0.25, 0.3) is 0 Å². The number of carbonyl (C=O) groups excluding carboxylic acids is 1. The number of nitrogens with one attached hydrogen (secondary N) is 1. The van der Waals surface area contributed by atoms with Gasteiger partial charge >= 0.3 is 6.18 Å². The molecule has 1 N–H and O–H groups in total. The zero-order valence-corrected chi connectivity index (χ0v) is 18.1. The average Bonchev–Trinajstić information content (AvgIpc) is 3.59. The van der Waals surface area contributed by atoms with E-state index < -0.39 is 29.3 Å². The van der Waals surface area contributed by atoms with Crippen molar-refractivity contribution in [2.75, 3.05) is 0 Å². The molecule has 0 bridgehead atoms. The molecule has 3 heterocycles. The number of rotatable bonds is 3. The van der Waals surface area contributed by atoms with Gasteiger partial charge in [-0.15, -0.1) is 0 Å². The van der Waals surface area contributed by atoms with E-state index in [9.17, 15) is 18.0 Å². The molecule has 6 rings (SSSR count). The third-order valence-corrected chi connectivity index (χ3v) is 8.08. The maximum absolute atomic E-state index is 14.0. The van der Waals surface area contributed by atoms with Crippen LogP contribution in [0.2, 0.25) is 0 Å². The monoisotopic (exact) mass is 490 g/mol. The van der Waals surface area contributed by atoms with E-state index in [1.54, 1.807) is 6.92 Å². The van der Waals surface area contributed by atoms with E-state index in [4.69, 9.17) is 0 Å². The Morgan fingerprint density at radius 1 is 1.32 bits per heavy atom. The fourth-order valence-electron chi connectivity index (χ4n) is 5.54. The molecular weight excluding hydrogens is 473 g/mol. The number of aryl methyl sites for hydroxylation is 2. The Morgan fingerprint density at radius 3 is 2.87 bits per heavy atom. The summed E-state index contributed by atoms with van der Waals surface area (Å²) in [7, 11) is 0. The Labute approximate surface area is 184 Å². The van der Waals surface area contributed by atoms with Crippen LogP contribution in [0.25, 0.3) is 5.65 Å². The van der Waals surface area contributed by atoms with Crippen molar-refractivity contribution >= 4 is 27.4 Å². The molecule has 1 saturated heterocycles. The van der Waals surface area contributed by atoms with Crippen LogP contribution in [-0.2, 0) is 18.0 Å². The van der Waals surface area contributed by atoms with Crippen molar-refractivity contribution < 1.29 is 18.0 Å². The van der Waals surface area contributed by atoms with Gasteiger partial charge < -0.3 is 5.32 Å². The third-order valence-electron chi connectivity index (χ3n) is 7.15. The van der Waals surface area contributed by atoms with Crippen LogP contribution in [0.4, 0.5) is 13.2 Å². The predicted octanol–water partition coefficient (Wildman–Crippen LogP) is 4.25. The van der Waals surface area contributed by atoms with E-state index in [2.05, 4.69) is 43.5 Å². The third kappa shape index (κ3) is 2.68. The second-order valence-corrected chi connectivity index (χ2v) is 9.60. The SMILES string of the molecule is Cc1nn2c(C(F)(F)F)c(C(=O)C3NC3[C@H]3C[C@]34CCc3ccccc34)cnc2c1Br. The molecule has 3 aliphatic rings. The standard InChI is InChI=1S/C22H18BrF3N4O/c1-10-15(23)20-27-9-12(19(22(24,25)26)30(20)29-10)18(31)17-16(28-17)14-8-21(14)7-6-11-4-2-3-5-13(11)21/h2-5,9,14,16-17,28H,6-8H2,1H3/t14-,16?,17?,21+/m1/s1. The molecule has 1 aromatic carbocycles. The molecule has 1 saturated carbocycles. The Balaban J connectivity index is 1.32. The number of Topliss-reactive ketones (excluding diaryl/α,β-unsaturated/α-hetero) is 1. The fraction of sp³-hybridized carbons (Fsp3) is 0.409. The first-order chi connectivity index (χ1) is 14.7. The molecule has 2 aliphatic carbocycles. The number of aromatic nitrogens is 3. The smallest absolute Gasteiger partial charge is 0.301 e. The van der Waals surface area contributed by atoms with Crippen LogP contribution < -0.4 is 5.32 Å². The number of fused-ring (bicyclic) bond motifs is 3. The van der Waals surface area contributed by atoms with Gasteiger partial charge in [-0.1, -0.05) is 24.3 Å². The summed E-state index contributed by atoms with van der Waals surface area (Å²) in [5, 5.41) is 7.14. The normalized spacial score (nSPS) is 28.9. The molecule has 1 aliphatic heterocycles. The Hall–Kier alpha value is -2.26. The molecule has 2 aromatic heterocycles. The highest BCUT2D eigenvalue weighted by molar-refractivity contribution is 9.10. The van der Waals surface area contributed by atoms with Crippen molar-refractivity contribution in [3.63, 3.8) is 0 Å². The number of nitrogens with zero attached hydrogens (tertiary/aromatic N) is 3. The van der Waals surface area contributed by atoms with Gasteiger partial charge in [-0.2, -0.15) is 18.3 Å². The summed E-state index contributed by atoms with van der Waals surface area (Å²) in [6, 6.07) is 7.65. The molecule has 4 atom stereocenters. The molecular formula is C22H18BrF3N4O. The van der Waals surface area contributed by atoms with Crippen molar-refractivity contribution in [3.8, 4) is 0 Å². The lowest BCUT2D eigenvalue weighted by molar-refractivity contribution is -0.143. The van der Waals surface area contributed by atoms with Crippen LogP contribution in [0.5, 0.6) is 0 Å². The molecule has 9 heteroatoms. The number of hydrogen-bond acceptors (Lipinski definition) is 4. The molecule has 1 spiro atoms. The largest absolute Gasteiger partial charge is 0.434 e. The predicted molar refractivity (Wildman–Crippen MR) is 110 cm³/mol. The van der Waals surface area contributed by atoms with Crippen LogP contribution in [0.15, 0.2) is 34.9 Å². The van der Waals surface area contributed by atoms with Gasteiger partial charge in [0, 0.05) is 17.7 Å². The van der Waals surface area contributed by atoms with Gasteiger partial charge in [0.1, 0.15) is 0 Å². The molecule has 0 radical (unpaired) electrons. The highest BCUT2D eigenvalue weighted by Crippen LogP contribution is 2.64. The van der Waals surface area contributed by atoms with Crippen molar-refractivity contribution in [3.05, 3.63) is 63.0 Å². The quantitative estimate of drug-likeness (QED) is 0.440. The van der Waals surface area contributed by atoms with Gasteiger partial charge in [0.15, 0.2) is 17.1 Å². The summed E-state index contributed by atoms with van der Waals surface area (Å²) >= 11 is 3.23. The number of alkyl halides is 3. The lowest BCUT2D eigenvalue weighted by Crippen LogP contribution is -2.23. The summed E-state index contributed by atoms with van der Waals surface area (Å²) in [5.41, 5.74) is 1.69. The van der Waals surface area contributed by atoms with Crippen LogP contribution >= 0.6 is 15.9 Å². The molecule has 2 unspecified atom stereocenters. The molecule has 0 amide bonds. The van der Waals surface area contributed by atoms with E-state index in [-0.39, 0.29) is 23.0 Å². The first-order valence-electron chi connectivity index (χ1n) is 10.2. The summed E-state index contributed by atoms with van der Waals surface area (Å²) in [6.45, 7) is 1.59. The lowest BCUT2D eigenvalue weighted by atomic mass is 9.93. The maximum atomic E-state index is 14.0. The summed E-state index contributed by atoms with van der Waals surface area (Å²) in [6.07, 6.45) is -0.668. The minimum atomic E-state index is -4.74. The molecule has 3 aromatic rings. The first-order valence-corrected chi connectivity index (χ1v) is 11.0. The highest BCUT2D eigenvalue weighted by Gasteiger charge is 2.66. The van der Waals surface area contributed by atoms with E-state index >= 15 is 0 Å². The number of benzene rings is 1. The van der Waals surface area contributed by atoms with Crippen LogP contribution in [-0.4, -0.2) is 32.5 Å². The summed E-state index contributed by atoms with van der Waals surface area (Å²) < 4.78 is 43.0. The van der Waals surface area contributed by atoms with Crippen molar-refractivity contribution in [2.45, 2.75) is 49.9 Å². The van der Waals surface area contributed by atoms with Crippen molar-refractivity contribution in [1.29, 1.82) is 0 Å². The van der Waals surface area contributed by atoms with Crippen LogP contribution in [0, 0.1) is 12.8 Å². The second kappa shape index (κ2) is 6.16. The summed E-state index contributed by atoms with van der Waals surface area (Å²) in [5.74, 6) is -0.290. The topological polar surface area (TPSA) is 69.2 Å². The lowest BCUT2D eigenvalue weighted by Gasteiger charge is -2.13. The zero-order chi connectivity index (χ0) is 21.7. The van der Waals surface area contributed by atoms with Crippen LogP contribution in [0.3, 0.4) is 0 Å². The van der Waals surface area contributed by atoms with E-state index in [0.29, 0.717) is 10.2 Å². The number of halogens is 4. The van der Waals surface area contributed by atoms with Gasteiger partial charge in [0.05, 0.1) is 21.8 Å². The maximum Gasteiger partial charge on any atom is 0.434 e. The zero-order valence-electron chi connectivity index (χ0n) is 16.5.